The van der Waals surface area contributed by atoms with Crippen LogP contribution in [0.5, 0.6) is 11.5 Å². The number of hydrogen-bond acceptors (Lipinski definition) is 3. The van der Waals surface area contributed by atoms with Gasteiger partial charge in [0.1, 0.15) is 0 Å². The number of benzene rings is 1. The third-order valence-corrected chi connectivity index (χ3v) is 2.89. The zero-order chi connectivity index (χ0) is 15.0. The van der Waals surface area contributed by atoms with Crippen molar-refractivity contribution < 1.29 is 19.4 Å². The molecule has 0 bridgehead atoms. The van der Waals surface area contributed by atoms with Gasteiger partial charge in [-0.2, -0.15) is 0 Å². The Hall–Kier alpha value is -1.68. The molecular formula is C15H19ClO4. The molecule has 0 unspecified atom stereocenters. The maximum atomic E-state index is 10.6. The van der Waals surface area contributed by atoms with E-state index in [4.69, 9.17) is 26.2 Å². The smallest absolute Gasteiger partial charge is 0.328 e. The first-order valence-electron chi connectivity index (χ1n) is 6.49. The van der Waals surface area contributed by atoms with E-state index < -0.39 is 5.97 Å². The Morgan fingerprint density at radius 1 is 1.40 bits per heavy atom. The lowest BCUT2D eigenvalue weighted by Crippen LogP contribution is -2.01. The zero-order valence-electron chi connectivity index (χ0n) is 11.7. The molecule has 0 spiro atoms. The molecule has 0 fully saturated rings. The van der Waals surface area contributed by atoms with Crippen LogP contribution in [0.3, 0.4) is 0 Å². The summed E-state index contributed by atoms with van der Waals surface area (Å²) in [6, 6.07) is 3.30. The van der Waals surface area contributed by atoms with E-state index >= 15 is 0 Å². The fraction of sp³-hybridized carbons (Fsp3) is 0.400. The standard InChI is InChI=1S/C15H19ClO4/c1-3-4-5-8-20-15-11(6-7-14(17)18)9-12(16)10-13(15)19-2/h6-7,9-10H,3-5,8H2,1-2H3,(H,17,18)/b7-6+. The van der Waals surface area contributed by atoms with Crippen molar-refractivity contribution in [3.63, 3.8) is 0 Å². The van der Waals surface area contributed by atoms with E-state index in [1.165, 1.54) is 13.2 Å². The Balaban J connectivity index is 2.99. The lowest BCUT2D eigenvalue weighted by Gasteiger charge is -2.14. The maximum Gasteiger partial charge on any atom is 0.328 e. The highest BCUT2D eigenvalue weighted by Gasteiger charge is 2.11. The van der Waals surface area contributed by atoms with Gasteiger partial charge in [0.15, 0.2) is 11.5 Å². The van der Waals surface area contributed by atoms with Crippen molar-refractivity contribution in [3.8, 4) is 11.5 Å². The van der Waals surface area contributed by atoms with Crippen LogP contribution in [0, 0.1) is 0 Å². The fourth-order valence-electron chi connectivity index (χ4n) is 1.71. The van der Waals surface area contributed by atoms with Crippen LogP contribution in [0.1, 0.15) is 31.7 Å². The molecule has 110 valence electrons. The summed E-state index contributed by atoms with van der Waals surface area (Å²) in [7, 11) is 1.52. The Labute approximate surface area is 124 Å². The summed E-state index contributed by atoms with van der Waals surface area (Å²) in [5, 5.41) is 9.18. The molecule has 0 amide bonds. The van der Waals surface area contributed by atoms with Crippen LogP contribution >= 0.6 is 11.6 Å². The Kier molecular flexibility index (Phi) is 6.94. The number of halogens is 1. The molecular weight excluding hydrogens is 280 g/mol. The van der Waals surface area contributed by atoms with Gasteiger partial charge >= 0.3 is 5.97 Å². The Bertz CT molecular complexity index is 483. The van der Waals surface area contributed by atoms with Gasteiger partial charge in [-0.25, -0.2) is 4.79 Å². The maximum absolute atomic E-state index is 10.6. The summed E-state index contributed by atoms with van der Waals surface area (Å²) >= 11 is 5.98. The molecule has 1 N–H and O–H groups in total. The highest BCUT2D eigenvalue weighted by atomic mass is 35.5. The van der Waals surface area contributed by atoms with E-state index in [2.05, 4.69) is 6.92 Å². The van der Waals surface area contributed by atoms with E-state index in [0.29, 0.717) is 28.7 Å². The third-order valence-electron chi connectivity index (χ3n) is 2.67. The SMILES string of the molecule is CCCCCOc1c(/C=C/C(=O)O)cc(Cl)cc1OC. The molecule has 0 aliphatic carbocycles. The van der Waals surface area contributed by atoms with Crippen molar-refractivity contribution in [1.82, 2.24) is 0 Å². The van der Waals surface area contributed by atoms with Gasteiger partial charge in [-0.05, 0) is 18.6 Å². The molecule has 0 heterocycles. The zero-order valence-corrected chi connectivity index (χ0v) is 12.4. The molecule has 0 saturated carbocycles. The van der Waals surface area contributed by atoms with Gasteiger partial charge in [-0.15, -0.1) is 0 Å². The predicted octanol–water partition coefficient (Wildman–Crippen LogP) is 4.02. The van der Waals surface area contributed by atoms with Gasteiger partial charge in [0.2, 0.25) is 0 Å². The van der Waals surface area contributed by atoms with Crippen molar-refractivity contribution in [2.24, 2.45) is 0 Å². The summed E-state index contributed by atoms with van der Waals surface area (Å²) in [5.41, 5.74) is 0.591. The molecule has 0 aliphatic rings. The first-order valence-corrected chi connectivity index (χ1v) is 6.87. The average Bonchev–Trinajstić information content (AvgIpc) is 2.42. The number of ether oxygens (including phenoxy) is 2. The average molecular weight is 299 g/mol. The minimum atomic E-state index is -1.03. The highest BCUT2D eigenvalue weighted by Crippen LogP contribution is 2.35. The second-order valence-corrected chi connectivity index (χ2v) is 4.69. The monoisotopic (exact) mass is 298 g/mol. The first-order chi connectivity index (χ1) is 9.58. The van der Waals surface area contributed by atoms with Gasteiger partial charge < -0.3 is 14.6 Å². The Morgan fingerprint density at radius 3 is 2.75 bits per heavy atom. The number of carboxylic acids is 1. The molecule has 0 aliphatic heterocycles. The minimum absolute atomic E-state index is 0.466. The topological polar surface area (TPSA) is 55.8 Å². The van der Waals surface area contributed by atoms with Crippen LogP contribution in [0.15, 0.2) is 18.2 Å². The summed E-state index contributed by atoms with van der Waals surface area (Å²) < 4.78 is 11.0. The van der Waals surface area contributed by atoms with E-state index in [-0.39, 0.29) is 0 Å². The molecule has 0 saturated heterocycles. The number of methoxy groups -OCH3 is 1. The molecule has 1 aromatic carbocycles. The van der Waals surface area contributed by atoms with Crippen molar-refractivity contribution in [2.45, 2.75) is 26.2 Å². The summed E-state index contributed by atoms with van der Waals surface area (Å²) in [6.45, 7) is 2.67. The number of carboxylic acid groups (broad SMARTS) is 1. The number of rotatable bonds is 8. The first kappa shape index (κ1) is 16.4. The van der Waals surface area contributed by atoms with Crippen LogP contribution in [-0.4, -0.2) is 24.8 Å². The van der Waals surface area contributed by atoms with Crippen molar-refractivity contribution >= 4 is 23.6 Å². The van der Waals surface area contributed by atoms with Crippen molar-refractivity contribution in [1.29, 1.82) is 0 Å². The summed E-state index contributed by atoms with van der Waals surface area (Å²) in [5.74, 6) is -0.00887. The van der Waals surface area contributed by atoms with E-state index in [9.17, 15) is 4.79 Å². The van der Waals surface area contributed by atoms with Crippen molar-refractivity contribution in [2.75, 3.05) is 13.7 Å². The van der Waals surface area contributed by atoms with Gasteiger partial charge in [0.25, 0.3) is 0 Å². The molecule has 20 heavy (non-hydrogen) atoms. The minimum Gasteiger partial charge on any atom is -0.493 e. The van der Waals surface area contributed by atoms with Crippen LogP contribution in [0.2, 0.25) is 5.02 Å². The predicted molar refractivity (Wildman–Crippen MR) is 79.7 cm³/mol. The van der Waals surface area contributed by atoms with Gasteiger partial charge in [0, 0.05) is 22.7 Å². The Morgan fingerprint density at radius 2 is 2.15 bits per heavy atom. The largest absolute Gasteiger partial charge is 0.493 e. The van der Waals surface area contributed by atoms with E-state index in [0.717, 1.165) is 25.3 Å². The van der Waals surface area contributed by atoms with Gasteiger partial charge in [-0.3, -0.25) is 0 Å². The number of aliphatic carboxylic acids is 1. The lowest BCUT2D eigenvalue weighted by atomic mass is 10.1. The quantitative estimate of drug-likeness (QED) is 0.582. The highest BCUT2D eigenvalue weighted by molar-refractivity contribution is 6.31. The molecule has 1 rings (SSSR count). The summed E-state index contributed by atoms with van der Waals surface area (Å²) in [4.78, 5) is 10.6. The van der Waals surface area contributed by atoms with Crippen LogP contribution in [0.25, 0.3) is 6.08 Å². The lowest BCUT2D eigenvalue weighted by molar-refractivity contribution is -0.131. The number of unbranched alkanes of at least 4 members (excludes halogenated alkanes) is 2. The van der Waals surface area contributed by atoms with Gasteiger partial charge in [0.05, 0.1) is 13.7 Å². The van der Waals surface area contributed by atoms with E-state index in [1.54, 1.807) is 12.1 Å². The third kappa shape index (κ3) is 5.13. The molecule has 0 aromatic heterocycles. The van der Waals surface area contributed by atoms with E-state index in [1.807, 2.05) is 0 Å². The molecule has 4 nitrogen and oxygen atoms in total. The molecule has 5 heteroatoms. The van der Waals surface area contributed by atoms with Gasteiger partial charge in [-0.1, -0.05) is 31.4 Å². The molecule has 1 aromatic rings. The summed E-state index contributed by atoms with van der Waals surface area (Å²) in [6.07, 6.45) is 5.61. The van der Waals surface area contributed by atoms with Crippen LogP contribution < -0.4 is 9.47 Å². The second kappa shape index (κ2) is 8.48. The molecule has 0 radical (unpaired) electrons. The number of carbonyl (C=O) groups is 1. The normalized spacial score (nSPS) is 10.8. The van der Waals surface area contributed by atoms with Crippen molar-refractivity contribution in [3.05, 3.63) is 28.8 Å². The number of hydrogen-bond donors (Lipinski definition) is 1. The van der Waals surface area contributed by atoms with Crippen LogP contribution in [0.4, 0.5) is 0 Å². The second-order valence-electron chi connectivity index (χ2n) is 4.25. The van der Waals surface area contributed by atoms with Crippen LogP contribution in [-0.2, 0) is 4.79 Å². The molecule has 0 atom stereocenters. The fourth-order valence-corrected chi connectivity index (χ4v) is 1.92.